The molecule has 4 aromatic rings. The van der Waals surface area contributed by atoms with Gasteiger partial charge in [-0.15, -0.1) is 0 Å². The number of hydrogen-bond donors (Lipinski definition) is 4. The van der Waals surface area contributed by atoms with E-state index in [9.17, 15) is 9.90 Å². The largest absolute Gasteiger partial charge is 0.493 e. The van der Waals surface area contributed by atoms with Gasteiger partial charge in [-0.1, -0.05) is 30.3 Å². The molecule has 4 N–H and O–H groups in total. The number of imidazole rings is 1. The highest BCUT2D eigenvalue weighted by molar-refractivity contribution is 5.57. The van der Waals surface area contributed by atoms with Crippen LogP contribution >= 0.6 is 0 Å². The number of anilines is 1. The number of aromatic nitrogens is 6. The van der Waals surface area contributed by atoms with Gasteiger partial charge in [-0.05, 0) is 31.4 Å². The first-order valence-electron chi connectivity index (χ1n) is 9.71. The Morgan fingerprint density at radius 3 is 2.77 bits per heavy atom. The molecular weight excluding hydrogens is 384 g/mol. The van der Waals surface area contributed by atoms with Crippen LogP contribution in [-0.2, 0) is 0 Å². The average Bonchev–Trinajstić information content (AvgIpc) is 3.37. The lowest BCUT2D eigenvalue weighted by Crippen LogP contribution is -2.25. The summed E-state index contributed by atoms with van der Waals surface area (Å²) in [6, 6.07) is 10.3. The van der Waals surface area contributed by atoms with Crippen LogP contribution in [0.1, 0.15) is 37.1 Å². The van der Waals surface area contributed by atoms with Crippen LogP contribution in [0, 0.1) is 0 Å². The van der Waals surface area contributed by atoms with E-state index in [1.807, 2.05) is 37.3 Å². The maximum absolute atomic E-state index is 11.4. The molecule has 0 amide bonds. The summed E-state index contributed by atoms with van der Waals surface area (Å²) in [5.41, 5.74) is 1.86. The Kier molecular flexibility index (Phi) is 4.31. The molecule has 5 rings (SSSR count). The quantitative estimate of drug-likeness (QED) is 0.385. The summed E-state index contributed by atoms with van der Waals surface area (Å²) >= 11 is 0. The van der Waals surface area contributed by atoms with Crippen molar-refractivity contribution in [2.75, 3.05) is 5.32 Å². The second-order valence-electron chi connectivity index (χ2n) is 7.31. The molecule has 1 fully saturated rings. The number of rotatable bonds is 5. The second kappa shape index (κ2) is 7.14. The van der Waals surface area contributed by atoms with E-state index in [0.717, 1.165) is 18.4 Å². The van der Waals surface area contributed by atoms with Crippen molar-refractivity contribution in [2.45, 2.75) is 31.8 Å². The van der Waals surface area contributed by atoms with Gasteiger partial charge in [0.25, 0.3) is 5.62 Å². The van der Waals surface area contributed by atoms with Crippen LogP contribution in [0.4, 0.5) is 5.95 Å². The molecule has 30 heavy (non-hydrogen) atoms. The van der Waals surface area contributed by atoms with E-state index in [1.54, 1.807) is 16.8 Å². The molecule has 0 saturated heterocycles. The summed E-state index contributed by atoms with van der Waals surface area (Å²) < 4.78 is 1.57. The molecule has 1 aromatic carbocycles. The van der Waals surface area contributed by atoms with Crippen molar-refractivity contribution in [1.82, 2.24) is 29.5 Å². The van der Waals surface area contributed by atoms with E-state index in [0.29, 0.717) is 22.4 Å². The Bertz CT molecular complexity index is 1380. The molecule has 3 heterocycles. The first kappa shape index (κ1) is 18.1. The fraction of sp³-hybridized carbons (Fsp3) is 0.250. The van der Waals surface area contributed by atoms with E-state index < -0.39 is 5.69 Å². The van der Waals surface area contributed by atoms with Gasteiger partial charge in [0.1, 0.15) is 5.69 Å². The van der Waals surface area contributed by atoms with E-state index in [4.69, 9.17) is 0 Å². The number of H-pyrrole nitrogens is 2. The fourth-order valence-corrected chi connectivity index (χ4v) is 3.16. The molecule has 3 aromatic heterocycles. The molecule has 1 aliphatic carbocycles. The van der Waals surface area contributed by atoms with Crippen LogP contribution in [-0.4, -0.2) is 40.7 Å². The predicted octanol–water partition coefficient (Wildman–Crippen LogP) is 0.630. The van der Waals surface area contributed by atoms with Crippen LogP contribution in [0.2, 0.25) is 0 Å². The van der Waals surface area contributed by atoms with Gasteiger partial charge in [0.2, 0.25) is 11.8 Å². The van der Waals surface area contributed by atoms with Crippen molar-refractivity contribution in [3.8, 4) is 5.88 Å². The first-order valence-corrected chi connectivity index (χ1v) is 9.71. The number of nitrogens with zero attached hydrogens (tertiary/aromatic N) is 5. The van der Waals surface area contributed by atoms with Gasteiger partial charge >= 0.3 is 5.69 Å². The van der Waals surface area contributed by atoms with Crippen LogP contribution < -0.4 is 21.8 Å². The monoisotopic (exact) mass is 404 g/mol. The summed E-state index contributed by atoms with van der Waals surface area (Å²) in [6.07, 6.45) is 5.28. The maximum atomic E-state index is 11.4. The highest BCUT2D eigenvalue weighted by Gasteiger charge is 2.21. The van der Waals surface area contributed by atoms with E-state index >= 15 is 0 Å². The van der Waals surface area contributed by atoms with Gasteiger partial charge in [0.05, 0.1) is 18.3 Å². The Balaban J connectivity index is 1.63. The average molecular weight is 404 g/mol. The Hall–Kier alpha value is -3.95. The van der Waals surface area contributed by atoms with Crippen molar-refractivity contribution in [2.24, 2.45) is 4.99 Å². The highest BCUT2D eigenvalue weighted by Crippen LogP contribution is 2.22. The number of aromatic amines is 2. The number of fused-ring (bicyclic) bond motifs is 1. The zero-order valence-corrected chi connectivity index (χ0v) is 16.2. The topological polar surface area (TPSA) is 136 Å². The molecule has 0 bridgehead atoms. The molecule has 0 radical (unpaired) electrons. The third kappa shape index (κ3) is 3.54. The Labute approximate surface area is 170 Å². The van der Waals surface area contributed by atoms with Crippen LogP contribution in [0.15, 0.2) is 46.3 Å². The van der Waals surface area contributed by atoms with Gasteiger partial charge in [-0.2, -0.15) is 19.6 Å². The van der Waals surface area contributed by atoms with Gasteiger partial charge in [0, 0.05) is 5.22 Å². The standard InChI is InChI=1S/C20H20N8O2/c1-11(12-5-3-2-4-6-12)22-18-25-16-13(9-15-17(29)26-20(30)24-15)10-21-28(16)19(27-18)23-14-7-8-14/h2-6,9-11,14,29H,7-8H2,1H3,(H,22,23,27)(H2,24,26,30)/t11-/m0/s1. The van der Waals surface area contributed by atoms with Crippen molar-refractivity contribution < 1.29 is 5.11 Å². The van der Waals surface area contributed by atoms with Gasteiger partial charge in [0.15, 0.2) is 5.65 Å². The number of benzene rings is 1. The lowest BCUT2D eigenvalue weighted by atomic mass is 10.1. The molecular formula is C20H20N8O2. The van der Waals surface area contributed by atoms with Crippen molar-refractivity contribution >= 4 is 17.7 Å². The molecule has 1 aliphatic rings. The molecule has 10 heteroatoms. The third-order valence-electron chi connectivity index (χ3n) is 4.90. The lowest BCUT2D eigenvalue weighted by Gasteiger charge is -2.14. The lowest BCUT2D eigenvalue weighted by molar-refractivity contribution is 0.454. The van der Waals surface area contributed by atoms with Crippen molar-refractivity contribution in [3.05, 3.63) is 69.1 Å². The normalized spacial score (nSPS) is 16.3. The van der Waals surface area contributed by atoms with Crippen molar-refractivity contribution in [3.63, 3.8) is 0 Å². The smallest absolute Gasteiger partial charge is 0.326 e. The summed E-state index contributed by atoms with van der Waals surface area (Å²) in [4.78, 5) is 30.1. The predicted molar refractivity (Wildman–Crippen MR) is 110 cm³/mol. The maximum Gasteiger partial charge on any atom is 0.326 e. The Morgan fingerprint density at radius 1 is 1.27 bits per heavy atom. The Morgan fingerprint density at radius 2 is 2.07 bits per heavy atom. The summed E-state index contributed by atoms with van der Waals surface area (Å²) in [6.45, 7) is 2.03. The van der Waals surface area contributed by atoms with Gasteiger partial charge < -0.3 is 15.4 Å². The highest BCUT2D eigenvalue weighted by atomic mass is 16.3. The van der Waals surface area contributed by atoms with E-state index in [2.05, 4.69) is 35.3 Å². The van der Waals surface area contributed by atoms with Crippen LogP contribution in [0.3, 0.4) is 0 Å². The summed E-state index contributed by atoms with van der Waals surface area (Å²) in [7, 11) is 0. The molecule has 1 saturated carbocycles. The van der Waals surface area contributed by atoms with Crippen LogP contribution in [0.5, 0.6) is 5.88 Å². The third-order valence-corrected chi connectivity index (χ3v) is 4.90. The fourth-order valence-electron chi connectivity index (χ4n) is 3.16. The molecule has 152 valence electrons. The van der Waals surface area contributed by atoms with Gasteiger partial charge in [-0.3, -0.25) is 4.98 Å². The summed E-state index contributed by atoms with van der Waals surface area (Å²) in [5.74, 6) is 0.188. The molecule has 10 nitrogen and oxygen atoms in total. The van der Waals surface area contributed by atoms with E-state index in [-0.39, 0.29) is 23.7 Å². The zero-order valence-electron chi connectivity index (χ0n) is 16.2. The molecule has 0 unspecified atom stereocenters. The van der Waals surface area contributed by atoms with Gasteiger partial charge in [-0.25, -0.2) is 9.79 Å². The van der Waals surface area contributed by atoms with Crippen LogP contribution in [0.25, 0.3) is 11.7 Å². The zero-order chi connectivity index (χ0) is 20.7. The number of hydrogen-bond acceptors (Lipinski definition) is 7. The molecule has 0 spiro atoms. The minimum atomic E-state index is -0.492. The summed E-state index contributed by atoms with van der Waals surface area (Å²) in [5, 5.41) is 18.2. The number of aromatic hydroxyl groups is 1. The minimum Gasteiger partial charge on any atom is -0.493 e. The number of nitrogens with one attached hydrogen (secondary N) is 3. The van der Waals surface area contributed by atoms with E-state index in [1.165, 1.54) is 0 Å². The minimum absolute atomic E-state index is 0.0113. The molecule has 1 atom stereocenters. The first-order chi connectivity index (χ1) is 14.6. The van der Waals surface area contributed by atoms with Crippen molar-refractivity contribution in [1.29, 1.82) is 0 Å². The second-order valence-corrected chi connectivity index (χ2v) is 7.31. The molecule has 0 aliphatic heterocycles. The SMILES string of the molecule is C[C@H](Nc1nc(=NC2CC2)n2ncc(=Cc3[nH]c(=O)[nH]c3O)c2n1)c1ccccc1.